The van der Waals surface area contributed by atoms with Gasteiger partial charge in [-0.3, -0.25) is 4.79 Å². The normalized spacial score (nSPS) is 11.7. The van der Waals surface area contributed by atoms with Gasteiger partial charge in [-0.1, -0.05) is 41.7 Å². The number of carbonyl (C=O) groups excluding carboxylic acids is 1. The number of allylic oxidation sites excluding steroid dienone is 1. The molecule has 0 saturated carbocycles. The lowest BCUT2D eigenvalue weighted by atomic mass is 10.1. The zero-order chi connectivity index (χ0) is 17.8. The number of benzene rings is 2. The number of thiazole rings is 1. The highest BCUT2D eigenvalue weighted by Crippen LogP contribution is 2.27. The Balaban J connectivity index is 2.20. The fourth-order valence-corrected chi connectivity index (χ4v) is 3.77. The van der Waals surface area contributed by atoms with E-state index in [0.29, 0.717) is 23.5 Å². The van der Waals surface area contributed by atoms with Gasteiger partial charge in [0.2, 0.25) is 0 Å². The quantitative estimate of drug-likeness (QED) is 0.641. The minimum Gasteiger partial charge on any atom is -0.492 e. The molecule has 0 aliphatic rings. The molecule has 25 heavy (non-hydrogen) atoms. The smallest absolute Gasteiger partial charge is 0.279 e. The van der Waals surface area contributed by atoms with Crippen LogP contribution in [0.15, 0.2) is 60.1 Å². The number of hydrogen-bond donors (Lipinski definition) is 0. The molecule has 1 aromatic heterocycles. The van der Waals surface area contributed by atoms with Gasteiger partial charge in [0.15, 0.2) is 4.80 Å². The molecular weight excluding hydrogens is 332 g/mol. The van der Waals surface area contributed by atoms with Crippen LogP contribution in [0, 0.1) is 6.92 Å². The molecule has 0 atom stereocenters. The first-order valence-corrected chi connectivity index (χ1v) is 8.98. The lowest BCUT2D eigenvalue weighted by molar-refractivity contribution is 0.0997. The molecule has 0 saturated heterocycles. The molecule has 0 aliphatic carbocycles. The van der Waals surface area contributed by atoms with Gasteiger partial charge in [-0.15, -0.1) is 6.58 Å². The maximum absolute atomic E-state index is 12.6. The number of aromatic nitrogens is 1. The van der Waals surface area contributed by atoms with Crippen LogP contribution in [0.4, 0.5) is 0 Å². The van der Waals surface area contributed by atoms with Crippen LogP contribution in [0.25, 0.3) is 10.2 Å². The predicted molar refractivity (Wildman–Crippen MR) is 102 cm³/mol. The van der Waals surface area contributed by atoms with Gasteiger partial charge in [-0.2, -0.15) is 4.99 Å². The van der Waals surface area contributed by atoms with Gasteiger partial charge in [0.25, 0.3) is 5.91 Å². The Hall–Kier alpha value is -2.66. The second-order valence-electron chi connectivity index (χ2n) is 5.55. The molecule has 128 valence electrons. The second kappa shape index (κ2) is 7.49. The molecule has 2 aromatic carbocycles. The van der Waals surface area contributed by atoms with E-state index in [4.69, 9.17) is 4.74 Å². The zero-order valence-corrected chi connectivity index (χ0v) is 15.2. The minimum atomic E-state index is -0.236. The Morgan fingerprint density at radius 3 is 2.80 bits per heavy atom. The predicted octanol–water partition coefficient (Wildman–Crippen LogP) is 4.34. The summed E-state index contributed by atoms with van der Waals surface area (Å²) in [5, 5.41) is 0. The SMILES string of the molecule is C=CCn1c(=NC(=O)c2ccccc2C)sc2cccc(OCC)c21. The van der Waals surface area contributed by atoms with Crippen LogP contribution in [-0.2, 0) is 6.54 Å². The summed E-state index contributed by atoms with van der Waals surface area (Å²) in [5.41, 5.74) is 2.49. The van der Waals surface area contributed by atoms with Gasteiger partial charge >= 0.3 is 0 Å². The lowest BCUT2D eigenvalue weighted by Gasteiger charge is -2.08. The van der Waals surface area contributed by atoms with Crippen molar-refractivity contribution in [1.29, 1.82) is 0 Å². The van der Waals surface area contributed by atoms with E-state index in [0.717, 1.165) is 21.5 Å². The molecule has 0 radical (unpaired) electrons. The number of nitrogens with zero attached hydrogens (tertiary/aromatic N) is 2. The second-order valence-corrected chi connectivity index (χ2v) is 6.56. The van der Waals surface area contributed by atoms with Crippen LogP contribution in [0.5, 0.6) is 5.75 Å². The third kappa shape index (κ3) is 3.42. The van der Waals surface area contributed by atoms with Crippen molar-refractivity contribution in [2.45, 2.75) is 20.4 Å². The average Bonchev–Trinajstić information content (AvgIpc) is 2.94. The van der Waals surface area contributed by atoms with Crippen molar-refractivity contribution < 1.29 is 9.53 Å². The molecule has 0 unspecified atom stereocenters. The number of hydrogen-bond acceptors (Lipinski definition) is 3. The maximum Gasteiger partial charge on any atom is 0.279 e. The molecule has 0 N–H and O–H groups in total. The van der Waals surface area contributed by atoms with Crippen molar-refractivity contribution in [1.82, 2.24) is 4.57 Å². The maximum atomic E-state index is 12.6. The molecule has 0 spiro atoms. The standard InChI is InChI=1S/C20H20N2O2S/c1-4-13-22-18-16(24-5-2)11-8-12-17(18)25-20(22)21-19(23)15-10-7-6-9-14(15)3/h4,6-12H,1,5,13H2,2-3H3. The number of fused-ring (bicyclic) bond motifs is 1. The summed E-state index contributed by atoms with van der Waals surface area (Å²) >= 11 is 1.48. The molecule has 0 bridgehead atoms. The van der Waals surface area contributed by atoms with Crippen LogP contribution in [0.3, 0.4) is 0 Å². The third-order valence-corrected chi connectivity index (χ3v) is 4.89. The summed E-state index contributed by atoms with van der Waals surface area (Å²) in [7, 11) is 0. The van der Waals surface area contributed by atoms with Crippen LogP contribution in [-0.4, -0.2) is 17.1 Å². The Morgan fingerprint density at radius 1 is 1.28 bits per heavy atom. The van der Waals surface area contributed by atoms with Gasteiger partial charge in [-0.25, -0.2) is 0 Å². The Bertz CT molecular complexity index is 998. The molecule has 1 amide bonds. The Labute approximate surface area is 150 Å². The van der Waals surface area contributed by atoms with Crippen molar-refractivity contribution in [2.75, 3.05) is 6.61 Å². The van der Waals surface area contributed by atoms with Gasteiger partial charge in [0.1, 0.15) is 11.3 Å². The van der Waals surface area contributed by atoms with Crippen molar-refractivity contribution in [3.05, 3.63) is 71.0 Å². The first kappa shape index (κ1) is 17.2. The van der Waals surface area contributed by atoms with Crippen LogP contribution < -0.4 is 9.54 Å². The first-order chi connectivity index (χ1) is 12.2. The van der Waals surface area contributed by atoms with E-state index in [1.54, 1.807) is 12.1 Å². The van der Waals surface area contributed by atoms with Crippen molar-refractivity contribution in [2.24, 2.45) is 4.99 Å². The molecular formula is C20H20N2O2S. The summed E-state index contributed by atoms with van der Waals surface area (Å²) in [4.78, 5) is 17.7. The Kier molecular flexibility index (Phi) is 5.14. The summed E-state index contributed by atoms with van der Waals surface area (Å²) in [5.74, 6) is 0.559. The fraction of sp³-hybridized carbons (Fsp3) is 0.200. The van der Waals surface area contributed by atoms with E-state index < -0.39 is 0 Å². The number of rotatable bonds is 5. The highest BCUT2D eigenvalue weighted by molar-refractivity contribution is 7.16. The number of aryl methyl sites for hydroxylation is 1. The van der Waals surface area contributed by atoms with E-state index in [2.05, 4.69) is 11.6 Å². The van der Waals surface area contributed by atoms with Gasteiger partial charge < -0.3 is 9.30 Å². The van der Waals surface area contributed by atoms with E-state index in [1.165, 1.54) is 11.3 Å². The Morgan fingerprint density at radius 2 is 2.08 bits per heavy atom. The summed E-state index contributed by atoms with van der Waals surface area (Å²) in [6.07, 6.45) is 1.80. The third-order valence-electron chi connectivity index (χ3n) is 3.85. The van der Waals surface area contributed by atoms with E-state index in [1.807, 2.05) is 54.8 Å². The lowest BCUT2D eigenvalue weighted by Crippen LogP contribution is -2.17. The molecule has 3 rings (SSSR count). The zero-order valence-electron chi connectivity index (χ0n) is 14.4. The molecule has 4 nitrogen and oxygen atoms in total. The van der Waals surface area contributed by atoms with E-state index in [9.17, 15) is 4.79 Å². The molecule has 0 fully saturated rings. The van der Waals surface area contributed by atoms with Gasteiger partial charge in [0, 0.05) is 12.1 Å². The minimum absolute atomic E-state index is 0.236. The topological polar surface area (TPSA) is 43.6 Å². The van der Waals surface area contributed by atoms with Gasteiger partial charge in [0.05, 0.1) is 11.3 Å². The highest BCUT2D eigenvalue weighted by atomic mass is 32.1. The first-order valence-electron chi connectivity index (χ1n) is 8.16. The molecule has 0 aliphatic heterocycles. The number of amides is 1. The van der Waals surface area contributed by atoms with Crippen molar-refractivity contribution in [3.8, 4) is 5.75 Å². The van der Waals surface area contributed by atoms with Crippen molar-refractivity contribution >= 4 is 27.5 Å². The summed E-state index contributed by atoms with van der Waals surface area (Å²) in [6.45, 7) is 8.84. The molecule has 5 heteroatoms. The monoisotopic (exact) mass is 352 g/mol. The average molecular weight is 352 g/mol. The largest absolute Gasteiger partial charge is 0.492 e. The van der Waals surface area contributed by atoms with E-state index in [-0.39, 0.29) is 5.91 Å². The van der Waals surface area contributed by atoms with Crippen LogP contribution >= 0.6 is 11.3 Å². The highest BCUT2D eigenvalue weighted by Gasteiger charge is 2.13. The number of ether oxygens (including phenoxy) is 1. The van der Waals surface area contributed by atoms with Crippen LogP contribution in [0.1, 0.15) is 22.8 Å². The number of para-hydroxylation sites is 1. The summed E-state index contributed by atoms with van der Waals surface area (Å²) < 4.78 is 8.77. The summed E-state index contributed by atoms with van der Waals surface area (Å²) in [6, 6.07) is 13.4. The fourth-order valence-electron chi connectivity index (χ4n) is 2.71. The molecule has 3 aromatic rings. The van der Waals surface area contributed by atoms with Crippen molar-refractivity contribution in [3.63, 3.8) is 0 Å². The van der Waals surface area contributed by atoms with E-state index >= 15 is 0 Å². The molecule has 1 heterocycles. The van der Waals surface area contributed by atoms with Crippen LogP contribution in [0.2, 0.25) is 0 Å². The number of carbonyl (C=O) groups is 1. The van der Waals surface area contributed by atoms with Gasteiger partial charge in [-0.05, 0) is 37.6 Å².